The number of hydrogen-bond donors (Lipinski definition) is 2. The van der Waals surface area contributed by atoms with Gasteiger partial charge in [-0.15, -0.1) is 0 Å². The van der Waals surface area contributed by atoms with E-state index in [1.165, 1.54) is 5.57 Å². The zero-order valence-corrected chi connectivity index (χ0v) is 12.9. The number of amides is 1. The summed E-state index contributed by atoms with van der Waals surface area (Å²) in [5.41, 5.74) is 1.98. The van der Waals surface area contributed by atoms with E-state index in [1.807, 2.05) is 0 Å². The Morgan fingerprint density at radius 2 is 2.32 bits per heavy atom. The zero-order chi connectivity index (χ0) is 13.7. The molecule has 1 aliphatic rings. The van der Waals surface area contributed by atoms with Crippen LogP contribution < -0.4 is 10.6 Å². The molecule has 19 heavy (non-hydrogen) atoms. The van der Waals surface area contributed by atoms with Gasteiger partial charge in [-0.3, -0.25) is 4.79 Å². The van der Waals surface area contributed by atoms with Gasteiger partial charge in [-0.05, 0) is 53.5 Å². The van der Waals surface area contributed by atoms with E-state index in [0.29, 0.717) is 17.1 Å². The van der Waals surface area contributed by atoms with E-state index in [9.17, 15) is 4.79 Å². The number of halogens is 2. The first-order chi connectivity index (χ1) is 9.16. The SMILES string of the molecule is O=C(NCCC1=CCNCC1)c1cc(Cl)ccc1Br. The third-order valence-corrected chi connectivity index (χ3v) is 3.99. The van der Waals surface area contributed by atoms with Crippen LogP contribution in [0.5, 0.6) is 0 Å². The summed E-state index contributed by atoms with van der Waals surface area (Å²) in [7, 11) is 0. The molecule has 0 unspecified atom stereocenters. The fourth-order valence-corrected chi connectivity index (χ4v) is 2.60. The van der Waals surface area contributed by atoms with E-state index in [4.69, 9.17) is 11.6 Å². The standard InChI is InChI=1S/C14H16BrClN2O/c15-13-2-1-11(16)9-12(13)14(19)18-8-5-10-3-6-17-7-4-10/h1-3,9,17H,4-8H2,(H,18,19). The number of rotatable bonds is 4. The summed E-state index contributed by atoms with van der Waals surface area (Å²) in [5, 5.41) is 6.76. The molecule has 2 rings (SSSR count). The van der Waals surface area contributed by atoms with Crippen molar-refractivity contribution >= 4 is 33.4 Å². The monoisotopic (exact) mass is 342 g/mol. The van der Waals surface area contributed by atoms with E-state index in [0.717, 1.165) is 30.4 Å². The third-order valence-electron chi connectivity index (χ3n) is 3.06. The highest BCUT2D eigenvalue weighted by Crippen LogP contribution is 2.21. The van der Waals surface area contributed by atoms with Gasteiger partial charge in [0, 0.05) is 22.6 Å². The Labute approximate surface area is 126 Å². The molecule has 1 aromatic rings. The maximum Gasteiger partial charge on any atom is 0.252 e. The highest BCUT2D eigenvalue weighted by molar-refractivity contribution is 9.10. The van der Waals surface area contributed by atoms with Crippen LogP contribution in [0.25, 0.3) is 0 Å². The third kappa shape index (κ3) is 4.34. The van der Waals surface area contributed by atoms with E-state index < -0.39 is 0 Å². The molecule has 3 nitrogen and oxygen atoms in total. The van der Waals surface area contributed by atoms with Crippen LogP contribution in [0.2, 0.25) is 5.02 Å². The van der Waals surface area contributed by atoms with Gasteiger partial charge in [0.2, 0.25) is 0 Å². The van der Waals surface area contributed by atoms with Crippen LogP contribution in [0.3, 0.4) is 0 Å². The first-order valence-corrected chi connectivity index (χ1v) is 7.46. The Hall–Kier alpha value is -0.840. The van der Waals surface area contributed by atoms with Gasteiger partial charge in [0.1, 0.15) is 0 Å². The number of carbonyl (C=O) groups excluding carboxylic acids is 1. The molecule has 0 fully saturated rings. The van der Waals surface area contributed by atoms with Gasteiger partial charge in [0.25, 0.3) is 5.91 Å². The van der Waals surface area contributed by atoms with Gasteiger partial charge in [-0.2, -0.15) is 0 Å². The van der Waals surface area contributed by atoms with Crippen LogP contribution in [-0.4, -0.2) is 25.5 Å². The molecular weight excluding hydrogens is 328 g/mol. The van der Waals surface area contributed by atoms with Gasteiger partial charge in [-0.1, -0.05) is 23.3 Å². The molecule has 0 spiro atoms. The Kier molecular flexibility index (Phi) is 5.43. The molecule has 1 heterocycles. The van der Waals surface area contributed by atoms with Crippen LogP contribution in [0.1, 0.15) is 23.2 Å². The average molecular weight is 344 g/mol. The fraction of sp³-hybridized carbons (Fsp3) is 0.357. The Bertz CT molecular complexity index is 502. The molecule has 0 aromatic heterocycles. The topological polar surface area (TPSA) is 41.1 Å². The summed E-state index contributed by atoms with van der Waals surface area (Å²) in [6.07, 6.45) is 4.17. The predicted molar refractivity (Wildman–Crippen MR) is 81.7 cm³/mol. The normalized spacial score (nSPS) is 14.9. The lowest BCUT2D eigenvalue weighted by Crippen LogP contribution is -2.26. The van der Waals surface area contributed by atoms with Crippen molar-refractivity contribution in [3.05, 3.63) is 44.9 Å². The summed E-state index contributed by atoms with van der Waals surface area (Å²) in [6, 6.07) is 5.21. The Balaban J connectivity index is 1.87. The molecule has 0 bridgehead atoms. The van der Waals surface area contributed by atoms with E-state index >= 15 is 0 Å². The quantitative estimate of drug-likeness (QED) is 0.825. The lowest BCUT2D eigenvalue weighted by Gasteiger charge is -2.14. The summed E-state index contributed by atoms with van der Waals surface area (Å²) in [6.45, 7) is 2.62. The fourth-order valence-electron chi connectivity index (χ4n) is 2.00. The second-order valence-electron chi connectivity index (χ2n) is 4.45. The van der Waals surface area contributed by atoms with Crippen LogP contribution >= 0.6 is 27.5 Å². The van der Waals surface area contributed by atoms with Crippen molar-refractivity contribution in [2.75, 3.05) is 19.6 Å². The van der Waals surface area contributed by atoms with Gasteiger partial charge < -0.3 is 10.6 Å². The summed E-state index contributed by atoms with van der Waals surface area (Å²) in [4.78, 5) is 12.0. The molecular formula is C14H16BrClN2O. The van der Waals surface area contributed by atoms with Gasteiger partial charge >= 0.3 is 0 Å². The first kappa shape index (κ1) is 14.6. The molecule has 0 radical (unpaired) electrons. The van der Waals surface area contributed by atoms with E-state index in [-0.39, 0.29) is 5.91 Å². The average Bonchev–Trinajstić information content (AvgIpc) is 2.42. The highest BCUT2D eigenvalue weighted by Gasteiger charge is 2.10. The van der Waals surface area contributed by atoms with Crippen LogP contribution in [0.4, 0.5) is 0 Å². The second kappa shape index (κ2) is 7.08. The minimum absolute atomic E-state index is 0.0936. The van der Waals surface area contributed by atoms with Crippen molar-refractivity contribution in [1.82, 2.24) is 10.6 Å². The van der Waals surface area contributed by atoms with Crippen molar-refractivity contribution in [1.29, 1.82) is 0 Å². The summed E-state index contributed by atoms with van der Waals surface area (Å²) < 4.78 is 0.760. The van der Waals surface area contributed by atoms with Crippen molar-refractivity contribution in [2.45, 2.75) is 12.8 Å². The lowest BCUT2D eigenvalue weighted by molar-refractivity contribution is 0.0953. The molecule has 0 aliphatic carbocycles. The maximum atomic E-state index is 12.0. The van der Waals surface area contributed by atoms with Gasteiger partial charge in [0.15, 0.2) is 0 Å². The predicted octanol–water partition coefficient (Wildman–Crippen LogP) is 3.14. The number of carbonyl (C=O) groups is 1. The molecule has 0 atom stereocenters. The maximum absolute atomic E-state index is 12.0. The minimum Gasteiger partial charge on any atom is -0.352 e. The smallest absolute Gasteiger partial charge is 0.252 e. The van der Waals surface area contributed by atoms with Crippen molar-refractivity contribution in [3.63, 3.8) is 0 Å². The Morgan fingerprint density at radius 1 is 1.47 bits per heavy atom. The molecule has 1 aliphatic heterocycles. The molecule has 0 saturated carbocycles. The molecule has 2 N–H and O–H groups in total. The highest BCUT2D eigenvalue weighted by atomic mass is 79.9. The van der Waals surface area contributed by atoms with Crippen LogP contribution in [0, 0.1) is 0 Å². The van der Waals surface area contributed by atoms with E-state index in [2.05, 4.69) is 32.6 Å². The molecule has 102 valence electrons. The number of hydrogen-bond acceptors (Lipinski definition) is 2. The number of nitrogens with one attached hydrogen (secondary N) is 2. The van der Waals surface area contributed by atoms with E-state index in [1.54, 1.807) is 18.2 Å². The van der Waals surface area contributed by atoms with Gasteiger partial charge in [0.05, 0.1) is 5.56 Å². The summed E-state index contributed by atoms with van der Waals surface area (Å²) in [5.74, 6) is -0.0936. The lowest BCUT2D eigenvalue weighted by atomic mass is 10.1. The second-order valence-corrected chi connectivity index (χ2v) is 5.74. The van der Waals surface area contributed by atoms with Crippen LogP contribution in [-0.2, 0) is 0 Å². The summed E-state index contributed by atoms with van der Waals surface area (Å²) >= 11 is 9.26. The van der Waals surface area contributed by atoms with Gasteiger partial charge in [-0.25, -0.2) is 0 Å². The largest absolute Gasteiger partial charge is 0.352 e. The first-order valence-electron chi connectivity index (χ1n) is 6.28. The van der Waals surface area contributed by atoms with Crippen molar-refractivity contribution in [2.24, 2.45) is 0 Å². The Morgan fingerprint density at radius 3 is 3.05 bits per heavy atom. The molecule has 5 heteroatoms. The van der Waals surface area contributed by atoms with Crippen LogP contribution in [0.15, 0.2) is 34.3 Å². The number of benzene rings is 1. The van der Waals surface area contributed by atoms with Crippen molar-refractivity contribution < 1.29 is 4.79 Å². The van der Waals surface area contributed by atoms with Crippen molar-refractivity contribution in [3.8, 4) is 0 Å². The minimum atomic E-state index is -0.0936. The molecule has 1 aromatic carbocycles. The zero-order valence-electron chi connectivity index (χ0n) is 10.5. The molecule has 0 saturated heterocycles. The molecule has 1 amide bonds.